The second-order valence-electron chi connectivity index (χ2n) is 12.6. The molecule has 0 saturated heterocycles. The van der Waals surface area contributed by atoms with Crippen molar-refractivity contribution in [3.63, 3.8) is 0 Å². The molecule has 1 aliphatic rings. The van der Waals surface area contributed by atoms with E-state index in [0.29, 0.717) is 11.8 Å². The van der Waals surface area contributed by atoms with Gasteiger partial charge >= 0.3 is 5.95 Å². The van der Waals surface area contributed by atoms with Crippen molar-refractivity contribution in [2.75, 3.05) is 9.80 Å². The highest BCUT2D eigenvalue weighted by Crippen LogP contribution is 2.49. The molecule has 6 heteroatoms. The van der Waals surface area contributed by atoms with Gasteiger partial charge in [0, 0.05) is 7.05 Å². The number of benzene rings is 3. The lowest BCUT2D eigenvalue weighted by molar-refractivity contribution is -0.657. The fourth-order valence-electron chi connectivity index (χ4n) is 6.95. The highest BCUT2D eigenvalue weighted by atomic mass is 15.5. The molecule has 1 aliphatic heterocycles. The van der Waals surface area contributed by atoms with Crippen LogP contribution in [0.2, 0.25) is 0 Å². The Kier molecular flexibility index (Phi) is 6.48. The van der Waals surface area contributed by atoms with Crippen LogP contribution >= 0.6 is 0 Å². The number of fused-ring (bicyclic) bond motifs is 2. The van der Waals surface area contributed by atoms with E-state index in [1.165, 1.54) is 28.2 Å². The summed E-state index contributed by atoms with van der Waals surface area (Å²) in [5.74, 6) is 3.00. The zero-order chi connectivity index (χ0) is 29.2. The van der Waals surface area contributed by atoms with Gasteiger partial charge in [0.25, 0.3) is 0 Å². The summed E-state index contributed by atoms with van der Waals surface area (Å²) in [7, 11) is 4.30. The van der Waals surface area contributed by atoms with Crippen LogP contribution in [-0.2, 0) is 19.6 Å². The molecule has 1 atom stereocenters. The molecule has 0 N–H and O–H groups in total. The van der Waals surface area contributed by atoms with Gasteiger partial charge in [-0.1, -0.05) is 70.2 Å². The number of para-hydroxylation sites is 5. The normalized spacial score (nSPS) is 15.5. The lowest BCUT2D eigenvalue weighted by Crippen LogP contribution is -2.52. The maximum absolute atomic E-state index is 5.16. The molecule has 6 nitrogen and oxygen atoms in total. The second kappa shape index (κ2) is 9.79. The largest absolute Gasteiger partial charge is 0.371 e. The van der Waals surface area contributed by atoms with Crippen LogP contribution < -0.4 is 14.4 Å². The number of aryl methyl sites for hydroxylation is 2. The molecular weight excluding hydrogens is 504 g/mol. The number of rotatable bonds is 6. The van der Waals surface area contributed by atoms with Gasteiger partial charge in [0.2, 0.25) is 0 Å². The van der Waals surface area contributed by atoms with Gasteiger partial charge in [-0.3, -0.25) is 0 Å². The van der Waals surface area contributed by atoms with Crippen molar-refractivity contribution in [2.45, 2.75) is 72.0 Å². The third kappa shape index (κ3) is 4.06. The van der Waals surface area contributed by atoms with E-state index in [4.69, 9.17) is 4.98 Å². The van der Waals surface area contributed by atoms with Crippen molar-refractivity contribution in [1.29, 1.82) is 0 Å². The first-order chi connectivity index (χ1) is 19.5. The summed E-state index contributed by atoms with van der Waals surface area (Å²) in [6.45, 7) is 16.1. The molecule has 0 bridgehead atoms. The van der Waals surface area contributed by atoms with Gasteiger partial charge < -0.3 is 9.47 Å². The minimum atomic E-state index is -0.382. The third-order valence-corrected chi connectivity index (χ3v) is 8.85. The Labute approximate surface area is 244 Å². The molecule has 3 heterocycles. The number of hydrogen-bond donors (Lipinski definition) is 0. The topological polar surface area (TPSA) is 33.1 Å². The molecule has 0 saturated carbocycles. The first-order valence-electron chi connectivity index (χ1n) is 14.8. The summed E-state index contributed by atoms with van der Waals surface area (Å²) in [6, 6.07) is 24.0. The van der Waals surface area contributed by atoms with Crippen molar-refractivity contribution in [1.82, 2.24) is 14.1 Å². The highest BCUT2D eigenvalue weighted by molar-refractivity contribution is 5.83. The Bertz CT molecular complexity index is 1710. The maximum Gasteiger partial charge on any atom is 0.371 e. The van der Waals surface area contributed by atoms with E-state index >= 15 is 0 Å². The van der Waals surface area contributed by atoms with Gasteiger partial charge in [0.15, 0.2) is 6.17 Å². The molecule has 0 fully saturated rings. The van der Waals surface area contributed by atoms with Crippen LogP contribution in [0.1, 0.15) is 77.3 Å². The molecule has 2 aromatic heterocycles. The van der Waals surface area contributed by atoms with E-state index < -0.39 is 0 Å². The summed E-state index contributed by atoms with van der Waals surface area (Å²) in [6.07, 6.45) is 4.46. The molecule has 0 amide bonds. The van der Waals surface area contributed by atoms with Gasteiger partial charge in [-0.25, -0.2) is 19.0 Å². The molecule has 5 aromatic rings. The predicted molar refractivity (Wildman–Crippen MR) is 169 cm³/mol. The average Bonchev–Trinajstić information content (AvgIpc) is 3.58. The molecule has 41 heavy (non-hydrogen) atoms. The molecule has 0 radical (unpaired) electrons. The SMILES string of the molecule is CC(C)c1cccc(C(C)C)c1-n1cc[n+](C)c1N1c2ccccc2N(C(C)(C)c2nc3ccccc3n2C)[C@@H]1C. The Morgan fingerprint density at radius 2 is 1.44 bits per heavy atom. The fraction of sp³-hybridized carbons (Fsp3) is 0.371. The number of aromatic nitrogens is 4. The quantitative estimate of drug-likeness (QED) is 0.205. The van der Waals surface area contributed by atoms with Gasteiger partial charge in [0.1, 0.15) is 23.4 Å². The van der Waals surface area contributed by atoms with Gasteiger partial charge in [-0.05, 0) is 68.0 Å². The zero-order valence-corrected chi connectivity index (χ0v) is 25.9. The molecule has 6 rings (SSSR count). The standard InChI is InChI=1S/C35H43N6/c1-23(2)26-15-14-16-27(24(3)4)32(26)39-22-21-37(8)34(39)40-25(5)41(31-20-13-12-19-30(31)40)35(6,7)33-36-28-17-10-11-18-29(28)38(33)9/h10-25H,1-9H3/q+1/t25-/m1/s1. The van der Waals surface area contributed by atoms with E-state index in [-0.39, 0.29) is 11.7 Å². The monoisotopic (exact) mass is 547 g/mol. The summed E-state index contributed by atoms with van der Waals surface area (Å²) >= 11 is 0. The van der Waals surface area contributed by atoms with Gasteiger partial charge in [-0.2, -0.15) is 0 Å². The number of nitrogens with zero attached hydrogens (tertiary/aromatic N) is 6. The number of hydrogen-bond acceptors (Lipinski definition) is 3. The van der Waals surface area contributed by atoms with E-state index in [9.17, 15) is 0 Å². The van der Waals surface area contributed by atoms with E-state index in [2.05, 4.69) is 165 Å². The van der Waals surface area contributed by atoms with Crippen molar-refractivity contribution in [3.8, 4) is 5.69 Å². The molecule has 0 spiro atoms. The van der Waals surface area contributed by atoms with Crippen LogP contribution in [0.4, 0.5) is 17.3 Å². The van der Waals surface area contributed by atoms with Crippen LogP contribution in [0.15, 0.2) is 79.1 Å². The second-order valence-corrected chi connectivity index (χ2v) is 12.6. The van der Waals surface area contributed by atoms with Crippen molar-refractivity contribution in [2.24, 2.45) is 14.1 Å². The number of anilines is 3. The minimum absolute atomic E-state index is 0.0378. The lowest BCUT2D eigenvalue weighted by Gasteiger charge is -2.39. The summed E-state index contributed by atoms with van der Waals surface area (Å²) in [5.41, 5.74) is 8.25. The van der Waals surface area contributed by atoms with Crippen LogP contribution in [-0.4, -0.2) is 20.3 Å². The lowest BCUT2D eigenvalue weighted by atomic mass is 9.92. The predicted octanol–water partition coefficient (Wildman–Crippen LogP) is 7.67. The summed E-state index contributed by atoms with van der Waals surface area (Å²) in [5, 5.41) is 0. The van der Waals surface area contributed by atoms with Crippen LogP contribution in [0.3, 0.4) is 0 Å². The van der Waals surface area contributed by atoms with Crippen LogP contribution in [0, 0.1) is 0 Å². The highest BCUT2D eigenvalue weighted by Gasteiger charge is 2.49. The van der Waals surface area contributed by atoms with E-state index in [1.54, 1.807) is 0 Å². The Balaban J connectivity index is 1.55. The smallest absolute Gasteiger partial charge is 0.329 e. The minimum Gasteiger partial charge on any atom is -0.329 e. The van der Waals surface area contributed by atoms with E-state index in [1.807, 2.05) is 0 Å². The Morgan fingerprint density at radius 3 is 2.07 bits per heavy atom. The van der Waals surface area contributed by atoms with Gasteiger partial charge in [0.05, 0.1) is 35.5 Å². The van der Waals surface area contributed by atoms with Crippen molar-refractivity contribution >= 4 is 28.4 Å². The molecule has 3 aromatic carbocycles. The summed E-state index contributed by atoms with van der Waals surface area (Å²) in [4.78, 5) is 10.2. The Morgan fingerprint density at radius 1 is 0.829 bits per heavy atom. The van der Waals surface area contributed by atoms with Crippen LogP contribution in [0.5, 0.6) is 0 Å². The Hall–Kier alpha value is -4.06. The first-order valence-corrected chi connectivity index (χ1v) is 14.8. The molecule has 0 unspecified atom stereocenters. The summed E-state index contributed by atoms with van der Waals surface area (Å²) < 4.78 is 6.94. The van der Waals surface area contributed by atoms with Crippen LogP contribution in [0.25, 0.3) is 16.7 Å². The first kappa shape index (κ1) is 27.1. The number of imidazole rings is 2. The zero-order valence-electron chi connectivity index (χ0n) is 25.9. The molecule has 0 aliphatic carbocycles. The van der Waals surface area contributed by atoms with Gasteiger partial charge in [-0.15, -0.1) is 0 Å². The average molecular weight is 548 g/mol. The van der Waals surface area contributed by atoms with E-state index in [0.717, 1.165) is 22.8 Å². The third-order valence-electron chi connectivity index (χ3n) is 8.85. The van der Waals surface area contributed by atoms with Crippen molar-refractivity contribution < 1.29 is 4.57 Å². The molecule has 212 valence electrons. The maximum atomic E-state index is 5.16. The fourth-order valence-corrected chi connectivity index (χ4v) is 6.95. The van der Waals surface area contributed by atoms with Crippen molar-refractivity contribution in [3.05, 3.63) is 96.1 Å². The molecular formula is C35H43N6+.